The molecule has 0 unspecified atom stereocenters. The van der Waals surface area contributed by atoms with Crippen molar-refractivity contribution in [1.29, 1.82) is 0 Å². The van der Waals surface area contributed by atoms with Crippen molar-refractivity contribution in [3.05, 3.63) is 65.2 Å². The van der Waals surface area contributed by atoms with Gasteiger partial charge >= 0.3 is 6.18 Å². The minimum absolute atomic E-state index is 0.0916. The fourth-order valence-electron chi connectivity index (χ4n) is 1.69. The van der Waals surface area contributed by atoms with E-state index in [0.29, 0.717) is 17.8 Å². The Kier molecular flexibility index (Phi) is 3.83. The molecule has 1 aromatic heterocycles. The van der Waals surface area contributed by atoms with Gasteiger partial charge in [-0.05, 0) is 24.3 Å². The zero-order chi connectivity index (χ0) is 14.8. The SMILES string of the molecule is O=C(Cc1ccccn1)c1ccc(C(F)(F)F)c(F)c1. The second-order valence-corrected chi connectivity index (χ2v) is 4.11. The van der Waals surface area contributed by atoms with E-state index in [1.807, 2.05) is 0 Å². The minimum Gasteiger partial charge on any atom is -0.294 e. The summed E-state index contributed by atoms with van der Waals surface area (Å²) in [6.07, 6.45) is -3.37. The average Bonchev–Trinajstić information content (AvgIpc) is 2.38. The molecule has 2 aromatic rings. The molecule has 2 nitrogen and oxygen atoms in total. The monoisotopic (exact) mass is 283 g/mol. The first-order chi connectivity index (χ1) is 9.38. The van der Waals surface area contributed by atoms with Crippen LogP contribution in [-0.4, -0.2) is 10.8 Å². The number of alkyl halides is 3. The van der Waals surface area contributed by atoms with E-state index in [-0.39, 0.29) is 12.0 Å². The Bertz CT molecular complexity index is 623. The predicted molar refractivity (Wildman–Crippen MR) is 63.7 cm³/mol. The van der Waals surface area contributed by atoms with Gasteiger partial charge in [-0.3, -0.25) is 9.78 Å². The Morgan fingerprint density at radius 3 is 2.45 bits per heavy atom. The van der Waals surface area contributed by atoms with Crippen LogP contribution < -0.4 is 0 Å². The number of carbonyl (C=O) groups excluding carboxylic acids is 1. The highest BCUT2D eigenvalue weighted by molar-refractivity contribution is 5.97. The molecule has 0 N–H and O–H groups in total. The fraction of sp³-hybridized carbons (Fsp3) is 0.143. The van der Waals surface area contributed by atoms with Crippen molar-refractivity contribution in [1.82, 2.24) is 4.98 Å². The van der Waals surface area contributed by atoms with E-state index in [2.05, 4.69) is 4.98 Å². The highest BCUT2D eigenvalue weighted by Crippen LogP contribution is 2.31. The molecular weight excluding hydrogens is 274 g/mol. The van der Waals surface area contributed by atoms with Gasteiger partial charge < -0.3 is 0 Å². The third-order valence-electron chi connectivity index (χ3n) is 2.66. The lowest BCUT2D eigenvalue weighted by Crippen LogP contribution is -2.11. The highest BCUT2D eigenvalue weighted by Gasteiger charge is 2.34. The summed E-state index contributed by atoms with van der Waals surface area (Å²) in [4.78, 5) is 15.8. The average molecular weight is 283 g/mol. The van der Waals surface area contributed by atoms with Crippen LogP contribution in [0.15, 0.2) is 42.6 Å². The minimum atomic E-state index is -4.77. The van der Waals surface area contributed by atoms with Crippen LogP contribution in [0.1, 0.15) is 21.6 Å². The smallest absolute Gasteiger partial charge is 0.294 e. The van der Waals surface area contributed by atoms with Crippen LogP contribution in [-0.2, 0) is 12.6 Å². The molecule has 0 aliphatic carbocycles. The van der Waals surface area contributed by atoms with Gasteiger partial charge in [0.2, 0.25) is 0 Å². The lowest BCUT2D eigenvalue weighted by Gasteiger charge is -2.09. The van der Waals surface area contributed by atoms with Gasteiger partial charge in [-0.2, -0.15) is 13.2 Å². The summed E-state index contributed by atoms with van der Waals surface area (Å²) >= 11 is 0. The lowest BCUT2D eigenvalue weighted by atomic mass is 10.0. The zero-order valence-electron chi connectivity index (χ0n) is 10.1. The molecular formula is C14H9F4NO. The van der Waals surface area contributed by atoms with Crippen LogP contribution in [0.5, 0.6) is 0 Å². The topological polar surface area (TPSA) is 30.0 Å². The van der Waals surface area contributed by atoms with Crippen molar-refractivity contribution in [3.63, 3.8) is 0 Å². The van der Waals surface area contributed by atoms with Crippen LogP contribution in [0, 0.1) is 5.82 Å². The van der Waals surface area contributed by atoms with Crippen molar-refractivity contribution in [2.24, 2.45) is 0 Å². The molecule has 104 valence electrons. The molecule has 0 fully saturated rings. The van der Waals surface area contributed by atoms with Crippen molar-refractivity contribution in [2.45, 2.75) is 12.6 Å². The Morgan fingerprint density at radius 2 is 1.90 bits per heavy atom. The maximum Gasteiger partial charge on any atom is 0.419 e. The summed E-state index contributed by atoms with van der Waals surface area (Å²) in [5.41, 5.74) is -1.02. The summed E-state index contributed by atoms with van der Waals surface area (Å²) in [5.74, 6) is -1.94. The molecule has 2 rings (SSSR count). The summed E-state index contributed by atoms with van der Waals surface area (Å²) in [6, 6.07) is 7.11. The van der Waals surface area contributed by atoms with Gasteiger partial charge in [0, 0.05) is 17.5 Å². The predicted octanol–water partition coefficient (Wildman–Crippen LogP) is 3.66. The third kappa shape index (κ3) is 3.20. The summed E-state index contributed by atoms with van der Waals surface area (Å²) in [6.45, 7) is 0. The summed E-state index contributed by atoms with van der Waals surface area (Å²) in [5, 5.41) is 0. The first kappa shape index (κ1) is 14.2. The number of pyridine rings is 1. The first-order valence-corrected chi connectivity index (χ1v) is 5.68. The van der Waals surface area contributed by atoms with Gasteiger partial charge in [-0.15, -0.1) is 0 Å². The Hall–Kier alpha value is -2.24. The van der Waals surface area contributed by atoms with Gasteiger partial charge in [-0.25, -0.2) is 4.39 Å². The fourth-order valence-corrected chi connectivity index (χ4v) is 1.69. The number of ketones is 1. The van der Waals surface area contributed by atoms with E-state index in [9.17, 15) is 22.4 Å². The van der Waals surface area contributed by atoms with Crippen LogP contribution in [0.4, 0.5) is 17.6 Å². The molecule has 0 aliphatic rings. The number of halogens is 4. The third-order valence-corrected chi connectivity index (χ3v) is 2.66. The van der Waals surface area contributed by atoms with E-state index in [1.54, 1.807) is 18.2 Å². The number of rotatable bonds is 3. The lowest BCUT2D eigenvalue weighted by molar-refractivity contribution is -0.140. The summed E-state index contributed by atoms with van der Waals surface area (Å²) in [7, 11) is 0. The quantitative estimate of drug-likeness (QED) is 0.635. The number of hydrogen-bond acceptors (Lipinski definition) is 2. The van der Waals surface area contributed by atoms with E-state index >= 15 is 0 Å². The van der Waals surface area contributed by atoms with E-state index in [1.165, 1.54) is 6.20 Å². The standard InChI is InChI=1S/C14H9F4NO/c15-12-7-9(4-5-11(12)14(16,17)18)13(20)8-10-3-1-2-6-19-10/h1-7H,8H2. The molecule has 20 heavy (non-hydrogen) atoms. The molecule has 0 bridgehead atoms. The Morgan fingerprint density at radius 1 is 1.15 bits per heavy atom. The van der Waals surface area contributed by atoms with Crippen molar-refractivity contribution in [2.75, 3.05) is 0 Å². The van der Waals surface area contributed by atoms with Gasteiger partial charge in [-0.1, -0.05) is 12.1 Å². The molecule has 0 saturated heterocycles. The molecule has 0 spiro atoms. The maximum absolute atomic E-state index is 13.4. The number of hydrogen-bond donors (Lipinski definition) is 0. The number of aromatic nitrogens is 1. The molecule has 0 saturated carbocycles. The summed E-state index contributed by atoms with van der Waals surface area (Å²) < 4.78 is 50.5. The molecule has 0 amide bonds. The van der Waals surface area contributed by atoms with Crippen LogP contribution in [0.3, 0.4) is 0 Å². The first-order valence-electron chi connectivity index (χ1n) is 5.68. The van der Waals surface area contributed by atoms with Gasteiger partial charge in [0.05, 0.1) is 12.0 Å². The number of carbonyl (C=O) groups is 1. The maximum atomic E-state index is 13.4. The highest BCUT2D eigenvalue weighted by atomic mass is 19.4. The second-order valence-electron chi connectivity index (χ2n) is 4.11. The van der Waals surface area contributed by atoms with Gasteiger partial charge in [0.1, 0.15) is 5.82 Å². The Balaban J connectivity index is 2.22. The molecule has 1 heterocycles. The van der Waals surface area contributed by atoms with Crippen molar-refractivity contribution >= 4 is 5.78 Å². The number of benzene rings is 1. The van der Waals surface area contributed by atoms with Crippen molar-refractivity contribution < 1.29 is 22.4 Å². The van der Waals surface area contributed by atoms with E-state index in [0.717, 1.165) is 6.07 Å². The molecule has 0 aliphatic heterocycles. The van der Waals surface area contributed by atoms with E-state index in [4.69, 9.17) is 0 Å². The van der Waals surface area contributed by atoms with Gasteiger partial charge in [0.25, 0.3) is 0 Å². The normalized spacial score (nSPS) is 11.4. The molecule has 0 radical (unpaired) electrons. The zero-order valence-corrected chi connectivity index (χ0v) is 10.1. The number of Topliss-reactive ketones (excluding diaryl/α,β-unsaturated/α-hetero) is 1. The second kappa shape index (κ2) is 5.40. The van der Waals surface area contributed by atoms with Crippen LogP contribution in [0.2, 0.25) is 0 Å². The molecule has 6 heteroatoms. The molecule has 0 atom stereocenters. The van der Waals surface area contributed by atoms with Crippen molar-refractivity contribution in [3.8, 4) is 0 Å². The largest absolute Gasteiger partial charge is 0.419 e. The van der Waals surface area contributed by atoms with Crippen LogP contribution >= 0.6 is 0 Å². The van der Waals surface area contributed by atoms with E-state index < -0.39 is 23.3 Å². The Labute approximate surface area is 112 Å². The van der Waals surface area contributed by atoms with Crippen LogP contribution in [0.25, 0.3) is 0 Å². The van der Waals surface area contributed by atoms with Gasteiger partial charge in [0.15, 0.2) is 5.78 Å². The molecule has 1 aromatic carbocycles. The number of nitrogens with zero attached hydrogens (tertiary/aromatic N) is 1.